The second kappa shape index (κ2) is 7.43. The molecule has 4 nitrogen and oxygen atoms in total. The highest BCUT2D eigenvalue weighted by Gasteiger charge is 2.32. The van der Waals surface area contributed by atoms with E-state index >= 15 is 0 Å². The molecule has 0 amide bonds. The lowest BCUT2D eigenvalue weighted by atomic mass is 10.0. The number of para-hydroxylation sites is 2. The normalized spacial score (nSPS) is 13.4. The molecule has 2 aromatic heterocycles. The Morgan fingerprint density at radius 2 is 1.48 bits per heavy atom. The molecule has 0 unspecified atom stereocenters. The van der Waals surface area contributed by atoms with Crippen LogP contribution < -0.4 is 4.57 Å². The van der Waals surface area contributed by atoms with Gasteiger partial charge < -0.3 is 0 Å². The maximum Gasteiger partial charge on any atom is 0.295 e. The van der Waals surface area contributed by atoms with Gasteiger partial charge in [0.15, 0.2) is 16.7 Å². The van der Waals surface area contributed by atoms with Crippen molar-refractivity contribution in [3.05, 3.63) is 71.8 Å². The van der Waals surface area contributed by atoms with Gasteiger partial charge in [-0.2, -0.15) is 4.57 Å². The van der Waals surface area contributed by atoms with E-state index in [2.05, 4.69) is 57.3 Å². The molecule has 0 fully saturated rings. The number of benzene rings is 2. The zero-order chi connectivity index (χ0) is 22.6. The van der Waals surface area contributed by atoms with Crippen LogP contribution in [0.25, 0.3) is 28.1 Å². The van der Waals surface area contributed by atoms with Crippen LogP contribution in [0.5, 0.6) is 0 Å². The number of nitrogens with zero attached hydrogens (tertiary/aromatic N) is 4. The molecule has 2 heterocycles. The van der Waals surface area contributed by atoms with E-state index in [0.717, 1.165) is 33.7 Å². The standard InChI is InChI=1S/C25H29N4/c1-16(2)22-24(23(17(3)4)27-15-26-22)29-21-14-10-9-13-20(21)28(6)25(29)19-12-8-7-11-18(19)5/h7-17H,1-6H3/q+1/i16D,17D. The summed E-state index contributed by atoms with van der Waals surface area (Å²) in [6, 6.07) is 16.5. The van der Waals surface area contributed by atoms with Gasteiger partial charge in [-0.15, -0.1) is 0 Å². The smallest absolute Gasteiger partial charge is 0.237 e. The fourth-order valence-electron chi connectivity index (χ4n) is 3.99. The van der Waals surface area contributed by atoms with E-state index in [0.29, 0.717) is 11.4 Å². The zero-order valence-electron chi connectivity index (χ0n) is 20.0. The van der Waals surface area contributed by atoms with Crippen LogP contribution >= 0.6 is 0 Å². The van der Waals surface area contributed by atoms with Crippen molar-refractivity contribution in [1.82, 2.24) is 14.5 Å². The maximum absolute atomic E-state index is 8.82. The van der Waals surface area contributed by atoms with Crippen LogP contribution in [-0.2, 0) is 7.05 Å². The molecule has 0 saturated heterocycles. The minimum Gasteiger partial charge on any atom is -0.237 e. The molecule has 0 saturated carbocycles. The molecule has 4 rings (SSSR count). The van der Waals surface area contributed by atoms with Gasteiger partial charge in [-0.25, -0.2) is 14.5 Å². The molecule has 0 aliphatic heterocycles. The van der Waals surface area contributed by atoms with Crippen molar-refractivity contribution >= 4 is 11.0 Å². The molecule has 0 spiro atoms. The number of hydrogen-bond acceptors (Lipinski definition) is 2. The summed E-state index contributed by atoms with van der Waals surface area (Å²) in [7, 11) is 2.06. The summed E-state index contributed by atoms with van der Waals surface area (Å²) in [6.07, 6.45) is 1.49. The summed E-state index contributed by atoms with van der Waals surface area (Å²) in [6.45, 7) is 9.43. The number of hydrogen-bond donors (Lipinski definition) is 0. The molecule has 4 heteroatoms. The van der Waals surface area contributed by atoms with E-state index in [1.165, 1.54) is 6.33 Å². The first-order valence-corrected chi connectivity index (χ1v) is 9.93. The highest BCUT2D eigenvalue weighted by atomic mass is 15.2. The van der Waals surface area contributed by atoms with Crippen molar-refractivity contribution < 1.29 is 7.31 Å². The first-order valence-electron chi connectivity index (χ1n) is 10.9. The quantitative estimate of drug-likeness (QED) is 0.435. The average Bonchev–Trinajstić information content (AvgIpc) is 2.99. The van der Waals surface area contributed by atoms with Crippen LogP contribution in [0.15, 0.2) is 54.9 Å². The van der Waals surface area contributed by atoms with E-state index in [1.54, 1.807) is 0 Å². The topological polar surface area (TPSA) is 34.6 Å². The van der Waals surface area contributed by atoms with Gasteiger partial charge in [0.2, 0.25) is 0 Å². The van der Waals surface area contributed by atoms with Crippen LogP contribution in [0.4, 0.5) is 0 Å². The number of fused-ring (bicyclic) bond motifs is 1. The van der Waals surface area contributed by atoms with Gasteiger partial charge in [0, 0.05) is 2.74 Å². The molecular formula is C25H29N4+. The summed E-state index contributed by atoms with van der Waals surface area (Å²) in [5, 5.41) is 0. The molecule has 0 aliphatic carbocycles. The minimum absolute atomic E-state index is 0.606. The average molecular weight is 388 g/mol. The third-order valence-corrected chi connectivity index (χ3v) is 5.39. The first-order chi connectivity index (χ1) is 14.5. The Hall–Kier alpha value is -3.01. The monoisotopic (exact) mass is 387 g/mol. The van der Waals surface area contributed by atoms with Gasteiger partial charge in [-0.05, 0) is 42.5 Å². The van der Waals surface area contributed by atoms with Gasteiger partial charge in [0.05, 0.1) is 24.0 Å². The highest BCUT2D eigenvalue weighted by molar-refractivity contribution is 5.80. The van der Waals surface area contributed by atoms with Crippen molar-refractivity contribution in [2.24, 2.45) is 7.05 Å². The van der Waals surface area contributed by atoms with Crippen molar-refractivity contribution in [1.29, 1.82) is 0 Å². The van der Waals surface area contributed by atoms with Crippen molar-refractivity contribution in [3.63, 3.8) is 0 Å². The summed E-state index contributed by atoms with van der Waals surface area (Å²) in [5.41, 5.74) is 6.23. The molecule has 0 radical (unpaired) electrons. The first kappa shape index (κ1) is 16.9. The number of imidazole rings is 1. The van der Waals surface area contributed by atoms with Gasteiger partial charge in [-0.3, -0.25) is 0 Å². The molecule has 29 heavy (non-hydrogen) atoms. The fraction of sp³-hybridized carbons (Fsp3) is 0.320. The van der Waals surface area contributed by atoms with Gasteiger partial charge in [0.1, 0.15) is 6.33 Å². The third kappa shape index (κ3) is 3.13. The molecular weight excluding hydrogens is 356 g/mol. The second-order valence-corrected chi connectivity index (χ2v) is 7.94. The molecule has 4 aromatic rings. The van der Waals surface area contributed by atoms with Crippen LogP contribution in [0.3, 0.4) is 0 Å². The van der Waals surface area contributed by atoms with E-state index in [9.17, 15) is 0 Å². The Labute approximate surface area is 175 Å². The molecule has 0 aliphatic rings. The Bertz CT molecular complexity index is 1240. The van der Waals surface area contributed by atoms with Gasteiger partial charge >= 0.3 is 0 Å². The zero-order valence-corrected chi connectivity index (χ0v) is 18.0. The predicted molar refractivity (Wildman–Crippen MR) is 118 cm³/mol. The molecule has 0 atom stereocenters. The minimum atomic E-state index is -0.967. The van der Waals surface area contributed by atoms with Crippen LogP contribution in [0.1, 0.15) is 59.2 Å². The number of aryl methyl sites for hydroxylation is 2. The maximum atomic E-state index is 8.82. The summed E-state index contributed by atoms with van der Waals surface area (Å²) < 4.78 is 22.0. The van der Waals surface area contributed by atoms with E-state index < -0.39 is 11.8 Å². The summed E-state index contributed by atoms with van der Waals surface area (Å²) in [5.74, 6) is -0.957. The number of rotatable bonds is 4. The molecule has 2 aromatic carbocycles. The van der Waals surface area contributed by atoms with E-state index in [-0.39, 0.29) is 0 Å². The Morgan fingerprint density at radius 3 is 2.10 bits per heavy atom. The Morgan fingerprint density at radius 1 is 0.897 bits per heavy atom. The van der Waals surface area contributed by atoms with Gasteiger partial charge in [-0.1, -0.05) is 58.0 Å². The predicted octanol–water partition coefficient (Wildman–Crippen LogP) is 5.47. The molecule has 0 N–H and O–H groups in total. The lowest BCUT2D eigenvalue weighted by Gasteiger charge is -2.16. The van der Waals surface area contributed by atoms with Crippen LogP contribution in [-0.4, -0.2) is 14.5 Å². The van der Waals surface area contributed by atoms with Crippen LogP contribution in [0.2, 0.25) is 0 Å². The van der Waals surface area contributed by atoms with Crippen molar-refractivity contribution in [2.75, 3.05) is 0 Å². The lowest BCUT2D eigenvalue weighted by molar-refractivity contribution is -0.633. The number of aromatic nitrogens is 4. The largest absolute Gasteiger partial charge is 0.295 e. The fourth-order valence-corrected chi connectivity index (χ4v) is 3.99. The highest BCUT2D eigenvalue weighted by Crippen LogP contribution is 2.35. The molecule has 0 bridgehead atoms. The van der Waals surface area contributed by atoms with E-state index in [1.807, 2.05) is 52.0 Å². The Balaban J connectivity index is 2.26. The molecule has 148 valence electrons. The summed E-state index contributed by atoms with van der Waals surface area (Å²) >= 11 is 0. The van der Waals surface area contributed by atoms with E-state index in [4.69, 9.17) is 2.74 Å². The lowest BCUT2D eigenvalue weighted by Crippen LogP contribution is -2.30. The SMILES string of the molecule is [2H]C(C)(C)c1ncnc(C([2H])(C)C)c1-n1c(-c2ccccc2C)[n+](C)c2ccccc21. The van der Waals surface area contributed by atoms with Crippen molar-refractivity contribution in [2.45, 2.75) is 46.4 Å². The van der Waals surface area contributed by atoms with Crippen LogP contribution in [0, 0.1) is 6.92 Å². The second-order valence-electron chi connectivity index (χ2n) is 7.94. The summed E-state index contributed by atoms with van der Waals surface area (Å²) in [4.78, 5) is 9.12. The van der Waals surface area contributed by atoms with Crippen molar-refractivity contribution in [3.8, 4) is 17.1 Å². The third-order valence-electron chi connectivity index (χ3n) is 5.39. The Kier molecular flexibility index (Phi) is 4.33. The van der Waals surface area contributed by atoms with Gasteiger partial charge in [0.25, 0.3) is 5.82 Å².